The summed E-state index contributed by atoms with van der Waals surface area (Å²) in [6, 6.07) is 9.96. The van der Waals surface area contributed by atoms with Crippen LogP contribution in [0.4, 0.5) is 0 Å². The number of thioether (sulfide) groups is 1. The van der Waals surface area contributed by atoms with E-state index in [0.29, 0.717) is 23.0 Å². The van der Waals surface area contributed by atoms with E-state index in [1.165, 1.54) is 11.8 Å². The van der Waals surface area contributed by atoms with Crippen molar-refractivity contribution in [2.75, 3.05) is 14.2 Å². The summed E-state index contributed by atoms with van der Waals surface area (Å²) in [6.07, 6.45) is 1.14. The van der Waals surface area contributed by atoms with Crippen LogP contribution in [0.3, 0.4) is 0 Å². The molecule has 3 rings (SSSR count). The minimum atomic E-state index is -0.284. The molecule has 6 heteroatoms. The Kier molecular flexibility index (Phi) is 4.97. The molecule has 1 heterocycles. The van der Waals surface area contributed by atoms with Gasteiger partial charge in [-0.05, 0) is 41.5 Å². The normalized spacial score (nSPS) is 17.4. The lowest BCUT2D eigenvalue weighted by molar-refractivity contribution is 0.110. The number of aldehydes is 1. The largest absolute Gasteiger partial charge is 0.484 e. The summed E-state index contributed by atoms with van der Waals surface area (Å²) in [6.45, 7) is 1.98. The Morgan fingerprint density at radius 1 is 1.25 bits per heavy atom. The molecule has 24 heavy (non-hydrogen) atoms. The van der Waals surface area contributed by atoms with E-state index < -0.39 is 0 Å². The quantitative estimate of drug-likeness (QED) is 0.796. The molecule has 0 aliphatic carbocycles. The van der Waals surface area contributed by atoms with Crippen molar-refractivity contribution in [3.05, 3.63) is 41.5 Å². The van der Waals surface area contributed by atoms with Crippen molar-refractivity contribution in [3.8, 4) is 0 Å². The van der Waals surface area contributed by atoms with Crippen molar-refractivity contribution in [3.63, 3.8) is 0 Å². The van der Waals surface area contributed by atoms with Gasteiger partial charge in [0.15, 0.2) is 23.6 Å². The number of amidine groups is 1. The first-order chi connectivity index (χ1) is 11.6. The average Bonchev–Trinajstić information content (AvgIpc) is 2.60. The molecule has 1 aliphatic rings. The third kappa shape index (κ3) is 3.49. The molecule has 0 spiro atoms. The van der Waals surface area contributed by atoms with E-state index in [1.54, 1.807) is 14.2 Å². The predicted octanol–water partition coefficient (Wildman–Crippen LogP) is 3.83. The lowest BCUT2D eigenvalue weighted by atomic mass is 10.0. The number of carbonyl (C=O) groups is 1. The van der Waals surface area contributed by atoms with Gasteiger partial charge in [0.05, 0.1) is 13.5 Å². The zero-order chi connectivity index (χ0) is 17.1. The molecule has 1 aliphatic heterocycles. The Labute approximate surface area is 144 Å². The number of carbonyl (C=O) groups excluding carboxylic acids is 1. The summed E-state index contributed by atoms with van der Waals surface area (Å²) in [5.74, 6) is 0.601. The molecule has 2 aromatic carbocycles. The van der Waals surface area contributed by atoms with Crippen molar-refractivity contribution in [2.24, 2.45) is 9.98 Å². The first-order valence-electron chi connectivity index (χ1n) is 7.52. The number of benzene rings is 2. The number of fused-ring (bicyclic) bond motifs is 1. The van der Waals surface area contributed by atoms with Crippen LogP contribution >= 0.6 is 11.8 Å². The molecule has 0 radical (unpaired) electrons. The molecule has 0 fully saturated rings. The van der Waals surface area contributed by atoms with Crippen molar-refractivity contribution >= 4 is 39.9 Å². The lowest BCUT2D eigenvalue weighted by Gasteiger charge is -2.17. The van der Waals surface area contributed by atoms with Crippen LogP contribution in [0.1, 0.15) is 22.3 Å². The van der Waals surface area contributed by atoms with Gasteiger partial charge in [-0.25, -0.2) is 4.99 Å². The third-order valence-electron chi connectivity index (χ3n) is 3.77. The number of aryl methyl sites for hydroxylation is 1. The highest BCUT2D eigenvalue weighted by Gasteiger charge is 2.19. The second kappa shape index (κ2) is 7.15. The van der Waals surface area contributed by atoms with Crippen LogP contribution in [0.25, 0.3) is 10.8 Å². The highest BCUT2D eigenvalue weighted by atomic mass is 32.2. The Morgan fingerprint density at radius 3 is 2.79 bits per heavy atom. The molecule has 0 bridgehead atoms. The summed E-state index contributed by atoms with van der Waals surface area (Å²) < 4.78 is 10.5. The molecule has 0 saturated carbocycles. The van der Waals surface area contributed by atoms with Gasteiger partial charge in [-0.2, -0.15) is 4.99 Å². The SMILES string of the molecule is COC1=NC(Sc2ccc3cc(C)cc(C=O)c3c2)=NC(OC)C1. The maximum Gasteiger partial charge on any atom is 0.194 e. The molecule has 124 valence electrons. The number of hydrogen-bond donors (Lipinski definition) is 0. The van der Waals surface area contributed by atoms with Gasteiger partial charge in [-0.15, -0.1) is 0 Å². The fraction of sp³-hybridized carbons (Fsp3) is 0.278. The monoisotopic (exact) mass is 342 g/mol. The number of nitrogens with zero attached hydrogens (tertiary/aromatic N) is 2. The third-order valence-corrected chi connectivity index (χ3v) is 4.64. The first kappa shape index (κ1) is 16.7. The molecular weight excluding hydrogens is 324 g/mol. The van der Waals surface area contributed by atoms with Gasteiger partial charge in [-0.3, -0.25) is 4.79 Å². The first-order valence-corrected chi connectivity index (χ1v) is 8.34. The zero-order valence-corrected chi connectivity index (χ0v) is 14.6. The van der Waals surface area contributed by atoms with Gasteiger partial charge in [0.2, 0.25) is 0 Å². The Balaban J connectivity index is 1.95. The van der Waals surface area contributed by atoms with Crippen LogP contribution in [0.2, 0.25) is 0 Å². The zero-order valence-electron chi connectivity index (χ0n) is 13.8. The van der Waals surface area contributed by atoms with Gasteiger partial charge in [0.1, 0.15) is 0 Å². The molecule has 0 aromatic heterocycles. The molecule has 5 nitrogen and oxygen atoms in total. The van der Waals surface area contributed by atoms with E-state index in [0.717, 1.165) is 27.5 Å². The maximum absolute atomic E-state index is 11.4. The van der Waals surface area contributed by atoms with Crippen LogP contribution in [0, 0.1) is 6.92 Å². The van der Waals surface area contributed by atoms with Crippen LogP contribution < -0.4 is 0 Å². The highest BCUT2D eigenvalue weighted by molar-refractivity contribution is 8.14. The number of rotatable bonds is 3. The number of ether oxygens (including phenoxy) is 2. The van der Waals surface area contributed by atoms with E-state index in [2.05, 4.69) is 16.1 Å². The second-order valence-corrected chi connectivity index (χ2v) is 6.51. The Hall–Kier alpha value is -2.18. The molecule has 1 atom stereocenters. The fourth-order valence-corrected chi connectivity index (χ4v) is 3.44. The molecule has 0 saturated heterocycles. The van der Waals surface area contributed by atoms with E-state index in [9.17, 15) is 4.79 Å². The van der Waals surface area contributed by atoms with Crippen molar-refractivity contribution in [1.29, 1.82) is 0 Å². The lowest BCUT2D eigenvalue weighted by Crippen LogP contribution is -2.21. The summed E-state index contributed by atoms with van der Waals surface area (Å²) >= 11 is 1.43. The van der Waals surface area contributed by atoms with Gasteiger partial charge < -0.3 is 9.47 Å². The molecule has 0 N–H and O–H groups in total. The van der Waals surface area contributed by atoms with Crippen LogP contribution in [0.5, 0.6) is 0 Å². The minimum absolute atomic E-state index is 0.284. The van der Waals surface area contributed by atoms with Crippen molar-refractivity contribution in [1.82, 2.24) is 0 Å². The number of aliphatic imine (C=N–C) groups is 2. The van der Waals surface area contributed by atoms with Crippen LogP contribution in [0.15, 0.2) is 45.2 Å². The summed E-state index contributed by atoms with van der Waals surface area (Å²) in [7, 11) is 3.21. The predicted molar refractivity (Wildman–Crippen MR) is 97.2 cm³/mol. The molecule has 0 amide bonds. The van der Waals surface area contributed by atoms with Gasteiger partial charge in [-0.1, -0.05) is 23.9 Å². The molecule has 1 unspecified atom stereocenters. The Bertz CT molecular complexity index is 846. The smallest absolute Gasteiger partial charge is 0.194 e. The van der Waals surface area contributed by atoms with E-state index in [1.807, 2.05) is 31.2 Å². The topological polar surface area (TPSA) is 60.2 Å². The standard InChI is InChI=1S/C18H18N2O3S/c1-11-6-12-4-5-14(8-15(12)13(7-11)10-21)24-18-19-16(22-2)9-17(20-18)23-3/h4-8,10,16H,9H2,1-3H3. The van der Waals surface area contributed by atoms with Crippen molar-refractivity contribution in [2.45, 2.75) is 24.5 Å². The molecule has 2 aromatic rings. The van der Waals surface area contributed by atoms with E-state index >= 15 is 0 Å². The minimum Gasteiger partial charge on any atom is -0.484 e. The van der Waals surface area contributed by atoms with Gasteiger partial charge in [0, 0.05) is 17.6 Å². The second-order valence-electron chi connectivity index (χ2n) is 5.47. The van der Waals surface area contributed by atoms with Gasteiger partial charge in [0.25, 0.3) is 0 Å². The summed E-state index contributed by atoms with van der Waals surface area (Å²) in [5.41, 5.74) is 1.76. The highest BCUT2D eigenvalue weighted by Crippen LogP contribution is 2.29. The molecular formula is C18H18N2O3S. The average molecular weight is 342 g/mol. The summed E-state index contributed by atoms with van der Waals surface area (Å²) in [5, 5.41) is 2.56. The van der Waals surface area contributed by atoms with E-state index in [-0.39, 0.29) is 6.23 Å². The van der Waals surface area contributed by atoms with E-state index in [4.69, 9.17) is 9.47 Å². The number of methoxy groups -OCH3 is 2. The number of hydrogen-bond acceptors (Lipinski definition) is 6. The maximum atomic E-state index is 11.4. The summed E-state index contributed by atoms with van der Waals surface area (Å²) in [4.78, 5) is 21.2. The van der Waals surface area contributed by atoms with Crippen LogP contribution in [-0.4, -0.2) is 37.8 Å². The Morgan fingerprint density at radius 2 is 2.08 bits per heavy atom. The fourth-order valence-electron chi connectivity index (χ4n) is 2.60. The van der Waals surface area contributed by atoms with Gasteiger partial charge >= 0.3 is 0 Å². The van der Waals surface area contributed by atoms with Crippen LogP contribution in [-0.2, 0) is 9.47 Å². The van der Waals surface area contributed by atoms with Crippen molar-refractivity contribution < 1.29 is 14.3 Å².